The molecule has 0 aliphatic carbocycles. The van der Waals surface area contributed by atoms with Gasteiger partial charge < -0.3 is 10.1 Å². The average Bonchev–Trinajstić information content (AvgIpc) is 3.23. The summed E-state index contributed by atoms with van der Waals surface area (Å²) < 4.78 is 41.7. The van der Waals surface area contributed by atoms with Gasteiger partial charge in [-0.2, -0.15) is 8.75 Å². The molecule has 2 N–H and O–H groups in total. The molecule has 4 aromatic rings. The number of carbonyl (C=O) groups is 1. The van der Waals surface area contributed by atoms with E-state index in [1.54, 1.807) is 61.7 Å². The van der Waals surface area contributed by atoms with Gasteiger partial charge in [-0.25, -0.2) is 8.42 Å². The van der Waals surface area contributed by atoms with Gasteiger partial charge in [0.05, 0.1) is 30.1 Å². The highest BCUT2D eigenvalue weighted by Gasteiger charge is 2.22. The van der Waals surface area contributed by atoms with E-state index in [1.165, 1.54) is 12.1 Å². The van der Waals surface area contributed by atoms with Crippen molar-refractivity contribution < 1.29 is 17.9 Å². The van der Waals surface area contributed by atoms with Crippen LogP contribution in [-0.4, -0.2) is 30.2 Å². The van der Waals surface area contributed by atoms with E-state index in [4.69, 9.17) is 4.74 Å². The maximum Gasteiger partial charge on any atom is 0.264 e. The second-order valence-electron chi connectivity index (χ2n) is 6.22. The molecule has 0 saturated heterocycles. The smallest absolute Gasteiger partial charge is 0.264 e. The Bertz CT molecular complexity index is 1320. The molecule has 1 aromatic heterocycles. The van der Waals surface area contributed by atoms with Crippen LogP contribution in [0.3, 0.4) is 0 Å². The molecule has 0 aliphatic rings. The van der Waals surface area contributed by atoms with Crippen LogP contribution in [-0.2, 0) is 10.0 Å². The summed E-state index contributed by atoms with van der Waals surface area (Å²) in [6, 6.07) is 17.9. The number of nitrogens with one attached hydrogen (secondary N) is 2. The van der Waals surface area contributed by atoms with E-state index in [9.17, 15) is 13.2 Å². The number of benzene rings is 3. The molecular formula is C20H16N4O4S2. The predicted octanol–water partition coefficient (Wildman–Crippen LogP) is 3.75. The molecule has 152 valence electrons. The minimum atomic E-state index is -3.99. The summed E-state index contributed by atoms with van der Waals surface area (Å²) in [7, 11) is -2.44. The third-order valence-electron chi connectivity index (χ3n) is 4.30. The van der Waals surface area contributed by atoms with Crippen LogP contribution in [0.15, 0.2) is 71.6 Å². The van der Waals surface area contributed by atoms with Crippen molar-refractivity contribution in [2.45, 2.75) is 4.90 Å². The summed E-state index contributed by atoms with van der Waals surface area (Å²) in [5.74, 6) is 0.207. The number of sulfonamides is 1. The highest BCUT2D eigenvalue weighted by atomic mass is 32.2. The number of para-hydroxylation sites is 1. The van der Waals surface area contributed by atoms with Gasteiger partial charge in [0.15, 0.2) is 0 Å². The van der Waals surface area contributed by atoms with Gasteiger partial charge in [0.25, 0.3) is 15.9 Å². The van der Waals surface area contributed by atoms with Crippen LogP contribution in [0.1, 0.15) is 10.4 Å². The molecule has 0 bridgehead atoms. The largest absolute Gasteiger partial charge is 0.497 e. The fraction of sp³-hybridized carbons (Fsp3) is 0.0500. The second-order valence-corrected chi connectivity index (χ2v) is 8.40. The minimum Gasteiger partial charge on any atom is -0.497 e. The Morgan fingerprint density at radius 2 is 1.73 bits per heavy atom. The summed E-state index contributed by atoms with van der Waals surface area (Å²) in [5, 5.41) is 2.75. The molecule has 0 radical (unpaired) electrons. The summed E-state index contributed by atoms with van der Waals surface area (Å²) in [6.07, 6.45) is 0. The molecule has 1 amide bonds. The van der Waals surface area contributed by atoms with E-state index in [0.717, 1.165) is 11.7 Å². The number of rotatable bonds is 6. The normalized spacial score (nSPS) is 11.2. The highest BCUT2D eigenvalue weighted by molar-refractivity contribution is 7.93. The van der Waals surface area contributed by atoms with Crippen molar-refractivity contribution in [3.63, 3.8) is 0 Å². The first-order valence-electron chi connectivity index (χ1n) is 8.76. The van der Waals surface area contributed by atoms with Crippen molar-refractivity contribution in [3.8, 4) is 5.75 Å². The van der Waals surface area contributed by atoms with Crippen molar-refractivity contribution in [2.24, 2.45) is 0 Å². The number of methoxy groups -OCH3 is 1. The van der Waals surface area contributed by atoms with Gasteiger partial charge >= 0.3 is 0 Å². The van der Waals surface area contributed by atoms with Crippen LogP contribution >= 0.6 is 11.7 Å². The lowest BCUT2D eigenvalue weighted by Crippen LogP contribution is -2.18. The summed E-state index contributed by atoms with van der Waals surface area (Å²) in [6.45, 7) is 0. The first kappa shape index (κ1) is 19.8. The van der Waals surface area contributed by atoms with Crippen LogP contribution < -0.4 is 14.8 Å². The Balaban J connectivity index is 1.62. The molecule has 0 aliphatic heterocycles. The Labute approximate surface area is 176 Å². The third kappa shape index (κ3) is 3.95. The Morgan fingerprint density at radius 3 is 2.50 bits per heavy atom. The Morgan fingerprint density at radius 1 is 0.967 bits per heavy atom. The monoisotopic (exact) mass is 440 g/mol. The zero-order chi connectivity index (χ0) is 21.1. The minimum absolute atomic E-state index is 0.000819. The molecule has 0 atom stereocenters. The molecule has 3 aromatic carbocycles. The lowest BCUT2D eigenvalue weighted by molar-refractivity contribution is 0.102. The van der Waals surface area contributed by atoms with E-state index < -0.39 is 15.9 Å². The molecule has 10 heteroatoms. The quantitative estimate of drug-likeness (QED) is 0.472. The van der Waals surface area contributed by atoms with E-state index in [2.05, 4.69) is 18.8 Å². The lowest BCUT2D eigenvalue weighted by atomic mass is 10.1. The molecular weight excluding hydrogens is 424 g/mol. The number of nitrogens with zero attached hydrogens (tertiary/aromatic N) is 2. The SMILES string of the molecule is COc1ccc(NC(=O)c2ccccc2NS(=O)(=O)c2cccc3nsnc23)cc1. The molecule has 30 heavy (non-hydrogen) atoms. The number of aromatic nitrogens is 2. The lowest BCUT2D eigenvalue weighted by Gasteiger charge is -2.13. The molecule has 0 spiro atoms. The first-order valence-corrected chi connectivity index (χ1v) is 11.0. The number of anilines is 2. The maximum atomic E-state index is 13.0. The zero-order valence-electron chi connectivity index (χ0n) is 15.7. The number of carbonyl (C=O) groups excluding carboxylic acids is 1. The van der Waals surface area contributed by atoms with E-state index in [0.29, 0.717) is 17.0 Å². The Kier molecular flexibility index (Phi) is 5.34. The van der Waals surface area contributed by atoms with Gasteiger partial charge in [-0.3, -0.25) is 9.52 Å². The fourth-order valence-corrected chi connectivity index (χ4v) is 4.69. The van der Waals surface area contributed by atoms with Crippen molar-refractivity contribution in [1.82, 2.24) is 8.75 Å². The molecule has 4 rings (SSSR count). The standard InChI is InChI=1S/C20H16N4O4S2/c1-28-14-11-9-13(10-12-14)21-20(25)15-5-2-3-6-16(15)24-30(26,27)18-8-4-7-17-19(18)23-29-22-17/h2-12,24H,1H3,(H,21,25). The van der Waals surface area contributed by atoms with Gasteiger partial charge in [-0.1, -0.05) is 18.2 Å². The average molecular weight is 441 g/mol. The van der Waals surface area contributed by atoms with Crippen molar-refractivity contribution in [3.05, 3.63) is 72.3 Å². The maximum absolute atomic E-state index is 13.0. The van der Waals surface area contributed by atoms with Crippen molar-refractivity contribution in [2.75, 3.05) is 17.1 Å². The fourth-order valence-electron chi connectivity index (χ4n) is 2.84. The number of ether oxygens (including phenoxy) is 1. The van der Waals surface area contributed by atoms with Crippen LogP contribution in [0.2, 0.25) is 0 Å². The number of fused-ring (bicyclic) bond motifs is 1. The zero-order valence-corrected chi connectivity index (χ0v) is 17.3. The topological polar surface area (TPSA) is 110 Å². The predicted molar refractivity (Wildman–Crippen MR) is 116 cm³/mol. The number of amides is 1. The summed E-state index contributed by atoms with van der Waals surface area (Å²) >= 11 is 0.936. The molecule has 0 fully saturated rings. The van der Waals surface area contributed by atoms with Crippen LogP contribution in [0.4, 0.5) is 11.4 Å². The summed E-state index contributed by atoms with van der Waals surface area (Å²) in [5.41, 5.74) is 1.67. The molecule has 0 unspecified atom stereocenters. The first-order chi connectivity index (χ1) is 14.5. The van der Waals surface area contributed by atoms with E-state index in [-0.39, 0.29) is 21.7 Å². The van der Waals surface area contributed by atoms with Crippen LogP contribution in [0.25, 0.3) is 11.0 Å². The van der Waals surface area contributed by atoms with Crippen LogP contribution in [0.5, 0.6) is 5.75 Å². The van der Waals surface area contributed by atoms with Gasteiger partial charge in [-0.15, -0.1) is 0 Å². The molecule has 0 saturated carbocycles. The van der Waals surface area contributed by atoms with Gasteiger partial charge in [0.2, 0.25) is 0 Å². The van der Waals surface area contributed by atoms with Crippen molar-refractivity contribution in [1.29, 1.82) is 0 Å². The Hall–Kier alpha value is -3.50. The van der Waals surface area contributed by atoms with Gasteiger partial charge in [0, 0.05) is 5.69 Å². The molecule has 8 nitrogen and oxygen atoms in total. The van der Waals surface area contributed by atoms with Crippen molar-refractivity contribution >= 4 is 50.1 Å². The van der Waals surface area contributed by atoms with E-state index >= 15 is 0 Å². The van der Waals surface area contributed by atoms with Gasteiger partial charge in [-0.05, 0) is 48.5 Å². The van der Waals surface area contributed by atoms with Gasteiger partial charge in [0.1, 0.15) is 21.7 Å². The molecule has 1 heterocycles. The van der Waals surface area contributed by atoms with E-state index in [1.807, 2.05) is 0 Å². The summed E-state index contributed by atoms with van der Waals surface area (Å²) in [4.78, 5) is 12.8. The highest BCUT2D eigenvalue weighted by Crippen LogP contribution is 2.26. The van der Waals surface area contributed by atoms with Crippen LogP contribution in [0, 0.1) is 0 Å². The number of hydrogen-bond acceptors (Lipinski definition) is 7. The third-order valence-corrected chi connectivity index (χ3v) is 6.24. The number of hydrogen-bond donors (Lipinski definition) is 2. The second kappa shape index (κ2) is 8.09.